The lowest BCUT2D eigenvalue weighted by atomic mass is 10.2. The number of pyridine rings is 1. The number of nitrogens with zero attached hydrogens (tertiary/aromatic N) is 3. The van der Waals surface area contributed by atoms with Crippen molar-refractivity contribution in [1.82, 2.24) is 15.0 Å². The first-order valence-electron chi connectivity index (χ1n) is 5.29. The van der Waals surface area contributed by atoms with Crippen LogP contribution in [0, 0.1) is 0 Å². The predicted octanol–water partition coefficient (Wildman–Crippen LogP) is 2.16. The number of hydrogen-bond acceptors (Lipinski definition) is 6. The molecule has 6 nitrogen and oxygen atoms in total. The van der Waals surface area contributed by atoms with Gasteiger partial charge in [-0.3, -0.25) is 4.98 Å². The fraction of sp³-hybridized carbons (Fsp3) is 0. The van der Waals surface area contributed by atoms with Crippen LogP contribution in [-0.4, -0.2) is 31.1 Å². The number of hydrogen-bond donors (Lipinski definition) is 2. The average molecular weight is 273 g/mol. The number of carbonyl (C=O) groups is 1. The summed E-state index contributed by atoms with van der Waals surface area (Å²) >= 11 is 1.15. The van der Waals surface area contributed by atoms with Crippen molar-refractivity contribution in [2.24, 2.45) is 0 Å². The molecule has 0 aliphatic heterocycles. The summed E-state index contributed by atoms with van der Waals surface area (Å²) in [5, 5.41) is 20.5. The van der Waals surface area contributed by atoms with Gasteiger partial charge in [-0.05, 0) is 12.1 Å². The summed E-state index contributed by atoms with van der Waals surface area (Å²) in [5.74, 6) is -1.19. The van der Waals surface area contributed by atoms with Crippen LogP contribution in [0.3, 0.4) is 0 Å². The van der Waals surface area contributed by atoms with Crippen molar-refractivity contribution in [1.29, 1.82) is 0 Å². The molecule has 0 saturated heterocycles. The number of aromatic carboxylic acids is 1. The SMILES string of the molecule is O=C(O)c1csc2nc(-c3ccccn3)nc(O)c12. The standard InChI is InChI=1S/C12H7N3O3S/c16-10-8-6(12(17)18)5-19-11(8)15-9(14-10)7-3-1-2-4-13-7/h1-5H,(H,17,18)(H,14,15,16). The zero-order valence-electron chi connectivity index (χ0n) is 9.44. The Hall–Kier alpha value is -2.54. The maximum Gasteiger partial charge on any atom is 0.337 e. The molecule has 0 saturated carbocycles. The Morgan fingerprint density at radius 2 is 2.11 bits per heavy atom. The molecule has 0 aliphatic carbocycles. The van der Waals surface area contributed by atoms with Gasteiger partial charge in [0.05, 0.1) is 10.9 Å². The lowest BCUT2D eigenvalue weighted by Gasteiger charge is -2.01. The van der Waals surface area contributed by atoms with Crippen molar-refractivity contribution in [2.75, 3.05) is 0 Å². The smallest absolute Gasteiger partial charge is 0.337 e. The highest BCUT2D eigenvalue weighted by Crippen LogP contribution is 2.32. The number of rotatable bonds is 2. The normalized spacial score (nSPS) is 10.7. The van der Waals surface area contributed by atoms with Gasteiger partial charge in [0.2, 0.25) is 5.88 Å². The lowest BCUT2D eigenvalue weighted by Crippen LogP contribution is -1.96. The third-order valence-corrected chi connectivity index (χ3v) is 3.41. The number of fused-ring (bicyclic) bond motifs is 1. The Bertz CT molecular complexity index is 770. The van der Waals surface area contributed by atoms with E-state index in [-0.39, 0.29) is 22.7 Å². The molecule has 0 fully saturated rings. The quantitative estimate of drug-likeness (QED) is 0.742. The molecule has 0 atom stereocenters. The monoisotopic (exact) mass is 273 g/mol. The Balaban J connectivity index is 2.25. The van der Waals surface area contributed by atoms with Crippen molar-refractivity contribution in [3.05, 3.63) is 35.3 Å². The van der Waals surface area contributed by atoms with Gasteiger partial charge in [-0.2, -0.15) is 4.98 Å². The first-order chi connectivity index (χ1) is 9.16. The number of aromatic nitrogens is 3. The molecule has 7 heteroatoms. The van der Waals surface area contributed by atoms with Crippen molar-refractivity contribution in [2.45, 2.75) is 0 Å². The summed E-state index contributed by atoms with van der Waals surface area (Å²) in [5.41, 5.74) is 0.523. The molecule has 0 bridgehead atoms. The largest absolute Gasteiger partial charge is 0.493 e. The van der Waals surface area contributed by atoms with Crippen LogP contribution < -0.4 is 0 Å². The molecule has 3 aromatic heterocycles. The first-order valence-corrected chi connectivity index (χ1v) is 6.17. The van der Waals surface area contributed by atoms with Crippen molar-refractivity contribution >= 4 is 27.5 Å². The van der Waals surface area contributed by atoms with Crippen molar-refractivity contribution in [3.8, 4) is 17.4 Å². The molecule has 0 spiro atoms. The fourth-order valence-electron chi connectivity index (χ4n) is 1.69. The van der Waals surface area contributed by atoms with E-state index in [9.17, 15) is 9.90 Å². The maximum absolute atomic E-state index is 11.0. The molecule has 0 aromatic carbocycles. The van der Waals surface area contributed by atoms with E-state index in [0.29, 0.717) is 10.5 Å². The average Bonchev–Trinajstić information content (AvgIpc) is 2.84. The number of carboxylic acid groups (broad SMARTS) is 1. The molecule has 3 heterocycles. The fourth-order valence-corrected chi connectivity index (χ4v) is 2.60. The summed E-state index contributed by atoms with van der Waals surface area (Å²) in [4.78, 5) is 23.7. The molecule has 0 unspecified atom stereocenters. The minimum absolute atomic E-state index is 0.00470. The Labute approximate surface area is 111 Å². The van der Waals surface area contributed by atoms with E-state index < -0.39 is 5.97 Å². The molecule has 3 rings (SSSR count). The second-order valence-corrected chi connectivity index (χ2v) is 4.58. The summed E-state index contributed by atoms with van der Waals surface area (Å²) in [6.45, 7) is 0. The van der Waals surface area contributed by atoms with E-state index in [0.717, 1.165) is 11.3 Å². The van der Waals surface area contributed by atoms with Crippen LogP contribution in [0.5, 0.6) is 5.88 Å². The highest BCUT2D eigenvalue weighted by atomic mass is 32.1. The molecular formula is C12H7N3O3S. The second kappa shape index (κ2) is 4.29. The first kappa shape index (κ1) is 11.5. The molecule has 94 valence electrons. The molecule has 3 aromatic rings. The van der Waals surface area contributed by atoms with Gasteiger partial charge < -0.3 is 10.2 Å². The molecule has 0 radical (unpaired) electrons. The van der Waals surface area contributed by atoms with E-state index in [4.69, 9.17) is 5.11 Å². The van der Waals surface area contributed by atoms with E-state index in [1.807, 2.05) is 0 Å². The Morgan fingerprint density at radius 3 is 2.79 bits per heavy atom. The van der Waals surface area contributed by atoms with Crippen molar-refractivity contribution < 1.29 is 15.0 Å². The highest BCUT2D eigenvalue weighted by Gasteiger charge is 2.18. The Morgan fingerprint density at radius 1 is 1.26 bits per heavy atom. The molecule has 0 amide bonds. The van der Waals surface area contributed by atoms with Gasteiger partial charge in [0.1, 0.15) is 10.5 Å². The zero-order valence-corrected chi connectivity index (χ0v) is 10.3. The van der Waals surface area contributed by atoms with E-state index in [2.05, 4.69) is 15.0 Å². The third kappa shape index (κ3) is 1.89. The van der Waals surface area contributed by atoms with Crippen LogP contribution in [0.15, 0.2) is 29.8 Å². The van der Waals surface area contributed by atoms with E-state index in [1.165, 1.54) is 5.38 Å². The van der Waals surface area contributed by atoms with Crippen molar-refractivity contribution in [3.63, 3.8) is 0 Å². The Kier molecular flexibility index (Phi) is 2.60. The van der Waals surface area contributed by atoms with Crippen LogP contribution in [0.1, 0.15) is 10.4 Å². The minimum atomic E-state index is -1.12. The van der Waals surface area contributed by atoms with Crippen LogP contribution in [0.2, 0.25) is 0 Å². The molecule has 0 aliphatic rings. The summed E-state index contributed by atoms with van der Waals surface area (Å²) in [7, 11) is 0. The molecule has 19 heavy (non-hydrogen) atoms. The van der Waals surface area contributed by atoms with Crippen LogP contribution in [-0.2, 0) is 0 Å². The minimum Gasteiger partial charge on any atom is -0.493 e. The summed E-state index contributed by atoms with van der Waals surface area (Å²) in [6.07, 6.45) is 1.59. The molecular weight excluding hydrogens is 266 g/mol. The van der Waals surface area contributed by atoms with Gasteiger partial charge in [0, 0.05) is 11.6 Å². The third-order valence-electron chi connectivity index (χ3n) is 2.54. The zero-order chi connectivity index (χ0) is 13.4. The van der Waals surface area contributed by atoms with Gasteiger partial charge in [-0.15, -0.1) is 11.3 Å². The second-order valence-electron chi connectivity index (χ2n) is 3.72. The van der Waals surface area contributed by atoms with Crippen LogP contribution >= 0.6 is 11.3 Å². The van der Waals surface area contributed by atoms with Gasteiger partial charge in [-0.1, -0.05) is 6.07 Å². The van der Waals surface area contributed by atoms with Gasteiger partial charge >= 0.3 is 5.97 Å². The van der Waals surface area contributed by atoms with E-state index in [1.54, 1.807) is 24.4 Å². The van der Waals surface area contributed by atoms with Gasteiger partial charge in [-0.25, -0.2) is 9.78 Å². The summed E-state index contributed by atoms with van der Waals surface area (Å²) in [6, 6.07) is 5.26. The molecule has 2 N–H and O–H groups in total. The summed E-state index contributed by atoms with van der Waals surface area (Å²) < 4.78 is 0. The number of carboxylic acids is 1. The predicted molar refractivity (Wildman–Crippen MR) is 69.3 cm³/mol. The topological polar surface area (TPSA) is 96.2 Å². The lowest BCUT2D eigenvalue weighted by molar-refractivity contribution is 0.0699. The van der Waals surface area contributed by atoms with E-state index >= 15 is 0 Å². The number of thiophene rings is 1. The van der Waals surface area contributed by atoms with Crippen LogP contribution in [0.4, 0.5) is 0 Å². The van der Waals surface area contributed by atoms with Gasteiger partial charge in [0.15, 0.2) is 5.82 Å². The maximum atomic E-state index is 11.0. The highest BCUT2D eigenvalue weighted by molar-refractivity contribution is 7.17. The number of aromatic hydroxyl groups is 1. The van der Waals surface area contributed by atoms with Gasteiger partial charge in [0.25, 0.3) is 0 Å². The van der Waals surface area contributed by atoms with Crippen LogP contribution in [0.25, 0.3) is 21.7 Å².